The largest absolute Gasteiger partial charge is 0.399 e. The highest BCUT2D eigenvalue weighted by Gasteiger charge is 2.22. The summed E-state index contributed by atoms with van der Waals surface area (Å²) in [4.78, 5) is 20.4. The number of fused-ring (bicyclic) bond motifs is 2. The SMILES string of the molecule is Cc1cccc2[nH]c(CCC(=O)NC3CCCc4cc(N)ccc43)nc12.Cl.Cl. The van der Waals surface area contributed by atoms with E-state index in [0.29, 0.717) is 12.8 Å². The molecule has 1 aromatic heterocycles. The number of nitrogen functional groups attached to an aromatic ring is 1. The van der Waals surface area contributed by atoms with Gasteiger partial charge < -0.3 is 16.0 Å². The van der Waals surface area contributed by atoms with E-state index in [-0.39, 0.29) is 36.8 Å². The molecule has 0 radical (unpaired) electrons. The third kappa shape index (κ3) is 4.59. The van der Waals surface area contributed by atoms with Crippen LogP contribution in [0.15, 0.2) is 36.4 Å². The normalized spacial score (nSPS) is 15.2. The van der Waals surface area contributed by atoms with Crippen LogP contribution in [-0.2, 0) is 17.6 Å². The molecule has 4 rings (SSSR count). The summed E-state index contributed by atoms with van der Waals surface area (Å²) >= 11 is 0. The van der Waals surface area contributed by atoms with Crippen molar-refractivity contribution in [2.24, 2.45) is 0 Å². The first-order chi connectivity index (χ1) is 12.6. The number of halogens is 2. The maximum absolute atomic E-state index is 12.5. The molecule has 5 nitrogen and oxygen atoms in total. The predicted molar refractivity (Wildman–Crippen MR) is 118 cm³/mol. The van der Waals surface area contributed by atoms with Crippen molar-refractivity contribution in [3.8, 4) is 0 Å². The highest BCUT2D eigenvalue weighted by molar-refractivity contribution is 5.85. The van der Waals surface area contributed by atoms with Gasteiger partial charge in [-0.05, 0) is 61.1 Å². The summed E-state index contributed by atoms with van der Waals surface area (Å²) in [5, 5.41) is 3.19. The highest BCUT2D eigenvalue weighted by atomic mass is 35.5. The number of H-pyrrole nitrogens is 1. The van der Waals surface area contributed by atoms with Crippen LogP contribution in [-0.4, -0.2) is 15.9 Å². The number of nitrogens with zero attached hydrogens (tertiary/aromatic N) is 1. The maximum atomic E-state index is 12.5. The molecule has 1 heterocycles. The monoisotopic (exact) mass is 420 g/mol. The summed E-state index contributed by atoms with van der Waals surface area (Å²) in [6.45, 7) is 2.05. The van der Waals surface area contributed by atoms with Crippen LogP contribution >= 0.6 is 24.8 Å². The minimum atomic E-state index is 0. The number of aryl methyl sites for hydroxylation is 3. The molecule has 1 aliphatic rings. The number of benzene rings is 2. The summed E-state index contributed by atoms with van der Waals surface area (Å²) in [6.07, 6.45) is 4.13. The lowest BCUT2D eigenvalue weighted by Crippen LogP contribution is -2.31. The average molecular weight is 421 g/mol. The van der Waals surface area contributed by atoms with E-state index in [1.165, 1.54) is 11.1 Å². The first-order valence-electron chi connectivity index (χ1n) is 9.22. The molecule has 1 amide bonds. The standard InChI is InChI=1S/C21H24N4O.2ClH/c1-13-4-2-7-18-21(13)25-19(23-18)10-11-20(26)24-17-6-3-5-14-12-15(22)8-9-16(14)17;;/h2,4,7-9,12,17H,3,5-6,10-11,22H2,1H3,(H,23,25)(H,24,26);2*1H. The van der Waals surface area contributed by atoms with Gasteiger partial charge in [-0.15, -0.1) is 24.8 Å². The number of aromatic amines is 1. The zero-order valence-electron chi connectivity index (χ0n) is 15.8. The number of hydrogen-bond acceptors (Lipinski definition) is 3. The van der Waals surface area contributed by atoms with Gasteiger partial charge >= 0.3 is 0 Å². The molecule has 150 valence electrons. The third-order valence-corrected chi connectivity index (χ3v) is 5.17. The second-order valence-electron chi connectivity index (χ2n) is 7.13. The number of imidazole rings is 1. The van der Waals surface area contributed by atoms with E-state index in [9.17, 15) is 4.79 Å². The van der Waals surface area contributed by atoms with Gasteiger partial charge in [0.15, 0.2) is 0 Å². The van der Waals surface area contributed by atoms with Crippen LogP contribution in [0.3, 0.4) is 0 Å². The number of para-hydroxylation sites is 1. The quantitative estimate of drug-likeness (QED) is 0.545. The Morgan fingerprint density at radius 2 is 2.11 bits per heavy atom. The minimum absolute atomic E-state index is 0. The van der Waals surface area contributed by atoms with Crippen molar-refractivity contribution >= 4 is 47.4 Å². The zero-order valence-corrected chi connectivity index (χ0v) is 17.5. The predicted octanol–water partition coefficient (Wildman–Crippen LogP) is 4.42. The van der Waals surface area contributed by atoms with E-state index >= 15 is 0 Å². The van der Waals surface area contributed by atoms with Crippen LogP contribution in [0.25, 0.3) is 11.0 Å². The van der Waals surface area contributed by atoms with Gasteiger partial charge in [0, 0.05) is 18.5 Å². The summed E-state index contributed by atoms with van der Waals surface area (Å²) in [6, 6.07) is 12.2. The van der Waals surface area contributed by atoms with E-state index in [1.807, 2.05) is 37.3 Å². The lowest BCUT2D eigenvalue weighted by molar-refractivity contribution is -0.121. The Balaban J connectivity index is 0.00000140. The van der Waals surface area contributed by atoms with Crippen molar-refractivity contribution in [3.63, 3.8) is 0 Å². The molecule has 0 bridgehead atoms. The molecular weight excluding hydrogens is 395 g/mol. The Bertz CT molecular complexity index is 970. The molecular formula is C21H26Cl2N4O. The molecule has 0 aliphatic heterocycles. The maximum Gasteiger partial charge on any atom is 0.220 e. The number of rotatable bonds is 4. The number of carbonyl (C=O) groups excluding carboxylic acids is 1. The van der Waals surface area contributed by atoms with Crippen molar-refractivity contribution < 1.29 is 4.79 Å². The molecule has 28 heavy (non-hydrogen) atoms. The lowest BCUT2D eigenvalue weighted by atomic mass is 9.87. The fourth-order valence-corrected chi connectivity index (χ4v) is 3.83. The average Bonchev–Trinajstić information content (AvgIpc) is 3.04. The first kappa shape index (κ1) is 22.1. The van der Waals surface area contributed by atoms with E-state index in [4.69, 9.17) is 5.73 Å². The Kier molecular flexibility index (Phi) is 7.33. The Hall–Kier alpha value is -2.24. The van der Waals surface area contributed by atoms with Crippen molar-refractivity contribution in [2.45, 2.75) is 45.1 Å². The van der Waals surface area contributed by atoms with Gasteiger partial charge in [-0.1, -0.05) is 18.2 Å². The second kappa shape index (κ2) is 9.30. The Morgan fingerprint density at radius 1 is 1.29 bits per heavy atom. The molecule has 7 heteroatoms. The molecule has 1 atom stereocenters. The smallest absolute Gasteiger partial charge is 0.220 e. The highest BCUT2D eigenvalue weighted by Crippen LogP contribution is 2.31. The number of anilines is 1. The molecule has 0 saturated heterocycles. The fraction of sp³-hybridized carbons (Fsp3) is 0.333. The summed E-state index contributed by atoms with van der Waals surface area (Å²) in [5.41, 5.74) is 12.3. The molecule has 0 saturated carbocycles. The Morgan fingerprint density at radius 3 is 2.89 bits per heavy atom. The number of hydrogen-bond donors (Lipinski definition) is 3. The summed E-state index contributed by atoms with van der Waals surface area (Å²) in [5.74, 6) is 0.929. The van der Waals surface area contributed by atoms with Crippen molar-refractivity contribution in [3.05, 3.63) is 58.9 Å². The van der Waals surface area contributed by atoms with Crippen molar-refractivity contribution in [2.75, 3.05) is 5.73 Å². The summed E-state index contributed by atoms with van der Waals surface area (Å²) in [7, 11) is 0. The Labute approximate surface area is 177 Å². The fourth-order valence-electron chi connectivity index (χ4n) is 3.83. The van der Waals surface area contributed by atoms with E-state index in [1.54, 1.807) is 0 Å². The molecule has 4 N–H and O–H groups in total. The van der Waals surface area contributed by atoms with Gasteiger partial charge in [-0.2, -0.15) is 0 Å². The topological polar surface area (TPSA) is 83.8 Å². The minimum Gasteiger partial charge on any atom is -0.399 e. The molecule has 0 fully saturated rings. The van der Waals surface area contributed by atoms with Crippen LogP contribution in [0, 0.1) is 6.92 Å². The molecule has 1 aliphatic carbocycles. The van der Waals surface area contributed by atoms with Gasteiger partial charge in [0.1, 0.15) is 5.82 Å². The van der Waals surface area contributed by atoms with Crippen LogP contribution in [0.5, 0.6) is 0 Å². The number of nitrogens with one attached hydrogen (secondary N) is 2. The van der Waals surface area contributed by atoms with Gasteiger partial charge in [0.2, 0.25) is 5.91 Å². The van der Waals surface area contributed by atoms with E-state index < -0.39 is 0 Å². The van der Waals surface area contributed by atoms with Crippen LogP contribution in [0.4, 0.5) is 5.69 Å². The van der Waals surface area contributed by atoms with Crippen LogP contribution in [0.1, 0.15) is 47.8 Å². The van der Waals surface area contributed by atoms with Gasteiger partial charge in [-0.3, -0.25) is 4.79 Å². The number of nitrogens with two attached hydrogens (primary N) is 1. The van der Waals surface area contributed by atoms with Gasteiger partial charge in [0.05, 0.1) is 17.1 Å². The first-order valence-corrected chi connectivity index (χ1v) is 9.22. The van der Waals surface area contributed by atoms with Crippen LogP contribution < -0.4 is 11.1 Å². The van der Waals surface area contributed by atoms with Crippen molar-refractivity contribution in [1.82, 2.24) is 15.3 Å². The van der Waals surface area contributed by atoms with Gasteiger partial charge in [-0.25, -0.2) is 4.98 Å². The van der Waals surface area contributed by atoms with Gasteiger partial charge in [0.25, 0.3) is 0 Å². The number of carbonyl (C=O) groups is 1. The summed E-state index contributed by atoms with van der Waals surface area (Å²) < 4.78 is 0. The second-order valence-corrected chi connectivity index (χ2v) is 7.13. The molecule has 3 aromatic rings. The van der Waals surface area contributed by atoms with Crippen LogP contribution in [0.2, 0.25) is 0 Å². The number of aromatic nitrogens is 2. The molecule has 0 spiro atoms. The molecule has 2 aromatic carbocycles. The number of amides is 1. The lowest BCUT2D eigenvalue weighted by Gasteiger charge is -2.26. The zero-order chi connectivity index (χ0) is 18.1. The van der Waals surface area contributed by atoms with E-state index in [2.05, 4.69) is 21.4 Å². The third-order valence-electron chi connectivity index (χ3n) is 5.17. The van der Waals surface area contributed by atoms with E-state index in [0.717, 1.165) is 47.4 Å². The molecule has 1 unspecified atom stereocenters. The van der Waals surface area contributed by atoms with Crippen molar-refractivity contribution in [1.29, 1.82) is 0 Å².